The highest BCUT2D eigenvalue weighted by Gasteiger charge is 2.31. The van der Waals surface area contributed by atoms with Gasteiger partial charge < -0.3 is 0 Å². The van der Waals surface area contributed by atoms with Crippen molar-refractivity contribution in [1.82, 2.24) is 4.90 Å². The zero-order valence-corrected chi connectivity index (χ0v) is 7.38. The smallest absolute Gasteiger partial charge is 0.256 e. The first-order valence-electron chi connectivity index (χ1n) is 4.12. The number of amides is 2. The Morgan fingerprint density at radius 2 is 2.23 bits per heavy atom. The highest BCUT2D eigenvalue weighted by Crippen LogP contribution is 2.16. The molecule has 0 aromatic carbocycles. The molecule has 0 aromatic rings. The highest BCUT2D eigenvalue weighted by molar-refractivity contribution is 6.12. The monoisotopic (exact) mass is 177 g/mol. The van der Waals surface area contributed by atoms with Crippen LogP contribution in [0.1, 0.15) is 19.3 Å². The zero-order chi connectivity index (χ0) is 9.84. The second-order valence-corrected chi connectivity index (χ2v) is 2.94. The van der Waals surface area contributed by atoms with Crippen molar-refractivity contribution in [2.75, 3.05) is 6.54 Å². The van der Waals surface area contributed by atoms with Gasteiger partial charge in [-0.2, -0.15) is 0 Å². The minimum absolute atomic E-state index is 0.160. The van der Waals surface area contributed by atoms with E-state index in [0.717, 1.165) is 0 Å². The Hall–Kier alpha value is -1.56. The van der Waals surface area contributed by atoms with E-state index in [1.54, 1.807) is 0 Å². The van der Waals surface area contributed by atoms with Crippen LogP contribution in [0.5, 0.6) is 0 Å². The molecule has 1 heterocycles. The number of terminal acetylenes is 1. The van der Waals surface area contributed by atoms with Crippen LogP contribution in [-0.2, 0) is 9.59 Å². The maximum atomic E-state index is 11.3. The summed E-state index contributed by atoms with van der Waals surface area (Å²) < 4.78 is 0. The molecular formula is C10H11NO2. The standard InChI is InChI=1S/C10H11NO2/c1-3-4-5-6-11-9(12)7-8(2)10(11)13/h1H,2,4-7H2. The molecule has 3 nitrogen and oxygen atoms in total. The number of nitrogens with zero attached hydrogens (tertiary/aromatic N) is 1. The minimum atomic E-state index is -0.248. The summed E-state index contributed by atoms with van der Waals surface area (Å²) in [7, 11) is 0. The fraction of sp³-hybridized carbons (Fsp3) is 0.400. The van der Waals surface area contributed by atoms with Gasteiger partial charge in [0, 0.05) is 18.5 Å². The highest BCUT2D eigenvalue weighted by atomic mass is 16.2. The van der Waals surface area contributed by atoms with Crippen molar-refractivity contribution in [3.63, 3.8) is 0 Å². The molecule has 0 radical (unpaired) electrons. The third kappa shape index (κ3) is 1.97. The number of imide groups is 1. The summed E-state index contributed by atoms with van der Waals surface area (Å²) in [5.74, 6) is 2.05. The Kier molecular flexibility index (Phi) is 2.86. The Balaban J connectivity index is 2.50. The average molecular weight is 177 g/mol. The number of hydrogen-bond acceptors (Lipinski definition) is 2. The topological polar surface area (TPSA) is 37.4 Å². The van der Waals surface area contributed by atoms with E-state index in [1.807, 2.05) is 0 Å². The summed E-state index contributed by atoms with van der Waals surface area (Å²) in [6.07, 6.45) is 6.47. The fourth-order valence-electron chi connectivity index (χ4n) is 1.22. The van der Waals surface area contributed by atoms with Gasteiger partial charge in [-0.05, 0) is 6.42 Å². The van der Waals surface area contributed by atoms with Gasteiger partial charge in [-0.1, -0.05) is 6.58 Å². The fourth-order valence-corrected chi connectivity index (χ4v) is 1.22. The molecule has 2 amide bonds. The van der Waals surface area contributed by atoms with Crippen LogP contribution >= 0.6 is 0 Å². The van der Waals surface area contributed by atoms with Gasteiger partial charge in [-0.15, -0.1) is 12.3 Å². The van der Waals surface area contributed by atoms with Crippen molar-refractivity contribution in [3.8, 4) is 12.3 Å². The van der Waals surface area contributed by atoms with Crippen molar-refractivity contribution < 1.29 is 9.59 Å². The predicted molar refractivity (Wildman–Crippen MR) is 48.5 cm³/mol. The summed E-state index contributed by atoms with van der Waals surface area (Å²) in [5.41, 5.74) is 0.380. The summed E-state index contributed by atoms with van der Waals surface area (Å²) in [5, 5.41) is 0. The van der Waals surface area contributed by atoms with Crippen molar-refractivity contribution in [3.05, 3.63) is 12.2 Å². The van der Waals surface area contributed by atoms with E-state index in [9.17, 15) is 9.59 Å². The van der Waals surface area contributed by atoms with E-state index in [2.05, 4.69) is 12.5 Å². The van der Waals surface area contributed by atoms with Gasteiger partial charge in [0.2, 0.25) is 5.91 Å². The van der Waals surface area contributed by atoms with Gasteiger partial charge in [0.25, 0.3) is 5.91 Å². The first kappa shape index (κ1) is 9.53. The molecule has 1 rings (SSSR count). The van der Waals surface area contributed by atoms with Crippen LogP contribution in [0.15, 0.2) is 12.2 Å². The van der Waals surface area contributed by atoms with Crippen LogP contribution in [0.2, 0.25) is 0 Å². The number of unbranched alkanes of at least 4 members (excludes halogenated alkanes) is 1. The van der Waals surface area contributed by atoms with E-state index < -0.39 is 0 Å². The number of rotatable bonds is 3. The van der Waals surface area contributed by atoms with Crippen molar-refractivity contribution in [2.45, 2.75) is 19.3 Å². The molecule has 13 heavy (non-hydrogen) atoms. The van der Waals surface area contributed by atoms with Crippen LogP contribution in [0.4, 0.5) is 0 Å². The van der Waals surface area contributed by atoms with Gasteiger partial charge in [-0.3, -0.25) is 14.5 Å². The molecule has 0 aliphatic carbocycles. The first-order valence-corrected chi connectivity index (χ1v) is 4.12. The molecule has 1 aliphatic rings. The molecule has 0 saturated carbocycles. The zero-order valence-electron chi connectivity index (χ0n) is 7.38. The van der Waals surface area contributed by atoms with E-state index >= 15 is 0 Å². The van der Waals surface area contributed by atoms with Gasteiger partial charge in [0.15, 0.2) is 0 Å². The molecule has 0 unspecified atom stereocenters. The van der Waals surface area contributed by atoms with Crippen molar-refractivity contribution in [2.24, 2.45) is 0 Å². The summed E-state index contributed by atoms with van der Waals surface area (Å²) in [6.45, 7) is 3.93. The molecule has 68 valence electrons. The molecule has 0 aromatic heterocycles. The Labute approximate surface area is 77.4 Å². The maximum absolute atomic E-state index is 11.3. The molecule has 0 bridgehead atoms. The quantitative estimate of drug-likeness (QED) is 0.275. The van der Waals surface area contributed by atoms with Gasteiger partial charge in [0.1, 0.15) is 0 Å². The molecule has 1 aliphatic heterocycles. The van der Waals surface area contributed by atoms with Crippen LogP contribution in [0.3, 0.4) is 0 Å². The number of hydrogen-bond donors (Lipinski definition) is 0. The maximum Gasteiger partial charge on any atom is 0.256 e. The Bertz CT molecular complexity index is 299. The lowest BCUT2D eigenvalue weighted by Gasteiger charge is -2.11. The van der Waals surface area contributed by atoms with E-state index in [1.165, 1.54) is 4.90 Å². The Morgan fingerprint density at radius 1 is 1.54 bits per heavy atom. The predicted octanol–water partition coefficient (Wildman–Crippen LogP) is 0.715. The number of carbonyl (C=O) groups is 2. The molecular weight excluding hydrogens is 166 g/mol. The lowest BCUT2D eigenvalue weighted by molar-refractivity contribution is -0.137. The normalized spacial score (nSPS) is 16.5. The largest absolute Gasteiger partial charge is 0.278 e. The molecule has 1 saturated heterocycles. The summed E-state index contributed by atoms with van der Waals surface area (Å²) in [4.78, 5) is 23.7. The summed E-state index contributed by atoms with van der Waals surface area (Å²) in [6, 6.07) is 0. The second kappa shape index (κ2) is 3.90. The van der Waals surface area contributed by atoms with Crippen LogP contribution < -0.4 is 0 Å². The molecule has 0 spiro atoms. The third-order valence-corrected chi connectivity index (χ3v) is 1.92. The van der Waals surface area contributed by atoms with E-state index in [0.29, 0.717) is 25.0 Å². The average Bonchev–Trinajstić information content (AvgIpc) is 2.32. The van der Waals surface area contributed by atoms with Gasteiger partial charge >= 0.3 is 0 Å². The van der Waals surface area contributed by atoms with Crippen LogP contribution in [0.25, 0.3) is 0 Å². The second-order valence-electron chi connectivity index (χ2n) is 2.94. The molecule has 1 fully saturated rings. The lowest BCUT2D eigenvalue weighted by Crippen LogP contribution is -2.30. The lowest BCUT2D eigenvalue weighted by atomic mass is 10.3. The first-order chi connectivity index (χ1) is 6.16. The van der Waals surface area contributed by atoms with Crippen LogP contribution in [0, 0.1) is 12.3 Å². The molecule has 0 atom stereocenters. The van der Waals surface area contributed by atoms with E-state index in [-0.39, 0.29) is 18.2 Å². The summed E-state index contributed by atoms with van der Waals surface area (Å²) >= 11 is 0. The number of likely N-dealkylation sites (tertiary alicyclic amines) is 1. The van der Waals surface area contributed by atoms with Crippen molar-refractivity contribution >= 4 is 11.8 Å². The van der Waals surface area contributed by atoms with Gasteiger partial charge in [-0.25, -0.2) is 0 Å². The van der Waals surface area contributed by atoms with E-state index in [4.69, 9.17) is 6.42 Å². The SMILES string of the molecule is C#CCCCN1C(=O)CC(=C)C1=O. The van der Waals surface area contributed by atoms with Gasteiger partial charge in [0.05, 0.1) is 6.42 Å². The molecule has 3 heteroatoms. The third-order valence-electron chi connectivity index (χ3n) is 1.92. The van der Waals surface area contributed by atoms with Crippen LogP contribution in [-0.4, -0.2) is 23.3 Å². The van der Waals surface area contributed by atoms with Crippen molar-refractivity contribution in [1.29, 1.82) is 0 Å². The molecule has 0 N–H and O–H groups in total. The minimum Gasteiger partial charge on any atom is -0.278 e. The Morgan fingerprint density at radius 3 is 2.69 bits per heavy atom. The number of carbonyl (C=O) groups excluding carboxylic acids is 2.